The molecule has 1 aromatic rings. The smallest absolute Gasteiger partial charge is 0.149 e. The van der Waals surface area contributed by atoms with Crippen molar-refractivity contribution in [1.82, 2.24) is 4.98 Å². The van der Waals surface area contributed by atoms with E-state index in [-0.39, 0.29) is 0 Å². The molecule has 1 aliphatic carbocycles. The van der Waals surface area contributed by atoms with Gasteiger partial charge in [0.2, 0.25) is 0 Å². The van der Waals surface area contributed by atoms with Crippen LogP contribution in [0.1, 0.15) is 32.1 Å². The van der Waals surface area contributed by atoms with Crippen LogP contribution in [0.15, 0.2) is 15.9 Å². The van der Waals surface area contributed by atoms with E-state index in [0.717, 1.165) is 5.33 Å². The zero-order chi connectivity index (χ0) is 10.6. The maximum absolute atomic E-state index is 4.33. The van der Waals surface area contributed by atoms with Gasteiger partial charge in [0.1, 0.15) is 4.34 Å². The van der Waals surface area contributed by atoms with Crippen LogP contribution in [0.25, 0.3) is 0 Å². The average Bonchev–Trinajstić information content (AvgIpc) is 2.81. The zero-order valence-corrected chi connectivity index (χ0v) is 12.0. The van der Waals surface area contributed by atoms with E-state index >= 15 is 0 Å². The van der Waals surface area contributed by atoms with Crippen molar-refractivity contribution in [3.05, 3.63) is 11.6 Å². The number of halogens is 1. The topological polar surface area (TPSA) is 12.9 Å². The number of hydrogen-bond donors (Lipinski definition) is 0. The molecule has 84 valence electrons. The van der Waals surface area contributed by atoms with Crippen molar-refractivity contribution < 1.29 is 0 Å². The predicted octanol–water partition coefficient (Wildman–Crippen LogP) is 4.58. The molecule has 1 aromatic heterocycles. The highest BCUT2D eigenvalue weighted by molar-refractivity contribution is 9.09. The molecule has 2 rings (SSSR count). The van der Waals surface area contributed by atoms with Crippen LogP contribution in [0, 0.1) is 5.41 Å². The van der Waals surface area contributed by atoms with Crippen LogP contribution < -0.4 is 0 Å². The third-order valence-electron chi connectivity index (χ3n) is 3.11. The van der Waals surface area contributed by atoms with Gasteiger partial charge in [-0.1, -0.05) is 47.0 Å². The summed E-state index contributed by atoms with van der Waals surface area (Å²) in [5.41, 5.74) is 0.536. The van der Waals surface area contributed by atoms with Gasteiger partial charge in [-0.3, -0.25) is 0 Å². The molecular weight excluding hydrogens is 290 g/mol. The van der Waals surface area contributed by atoms with E-state index in [1.165, 1.54) is 42.2 Å². The van der Waals surface area contributed by atoms with E-state index < -0.39 is 0 Å². The minimum absolute atomic E-state index is 0.536. The molecule has 0 bridgehead atoms. The Hall–Kier alpha value is 0.460. The Morgan fingerprint density at radius 2 is 2.20 bits per heavy atom. The molecule has 0 N–H and O–H groups in total. The molecular formula is C11H16BrNS2. The summed E-state index contributed by atoms with van der Waals surface area (Å²) in [6, 6.07) is 0. The zero-order valence-electron chi connectivity index (χ0n) is 8.75. The number of thioether (sulfide) groups is 1. The second kappa shape index (κ2) is 5.69. The fourth-order valence-corrected chi connectivity index (χ4v) is 5.07. The van der Waals surface area contributed by atoms with Gasteiger partial charge in [-0.15, -0.1) is 11.3 Å². The van der Waals surface area contributed by atoms with Gasteiger partial charge in [0.15, 0.2) is 0 Å². The van der Waals surface area contributed by atoms with E-state index in [4.69, 9.17) is 0 Å². The largest absolute Gasteiger partial charge is 0.238 e. The monoisotopic (exact) mass is 305 g/mol. The average molecular weight is 306 g/mol. The molecule has 0 unspecified atom stereocenters. The Kier molecular flexibility index (Phi) is 4.52. The van der Waals surface area contributed by atoms with Crippen molar-refractivity contribution in [2.45, 2.75) is 36.4 Å². The number of rotatable bonds is 4. The highest BCUT2D eigenvalue weighted by Crippen LogP contribution is 2.42. The molecule has 0 amide bonds. The van der Waals surface area contributed by atoms with E-state index in [0.29, 0.717) is 5.41 Å². The predicted molar refractivity (Wildman–Crippen MR) is 72.2 cm³/mol. The normalized spacial score (nSPS) is 20.3. The first-order valence-corrected chi connectivity index (χ1v) is 8.42. The third-order valence-corrected chi connectivity index (χ3v) is 6.61. The standard InChI is InChI=1S/C11H16BrNS2/c12-8-11(4-2-1-3-5-11)9-15-10-13-6-7-14-10/h6-7H,1-5,8-9H2. The molecule has 0 radical (unpaired) electrons. The summed E-state index contributed by atoms with van der Waals surface area (Å²) < 4.78 is 1.22. The molecule has 0 saturated heterocycles. The number of thiazole rings is 1. The molecule has 0 spiro atoms. The summed E-state index contributed by atoms with van der Waals surface area (Å²) in [7, 11) is 0. The van der Waals surface area contributed by atoms with E-state index in [1.807, 2.05) is 18.0 Å². The minimum Gasteiger partial charge on any atom is -0.238 e. The third kappa shape index (κ3) is 3.21. The van der Waals surface area contributed by atoms with Crippen molar-refractivity contribution in [1.29, 1.82) is 0 Å². The van der Waals surface area contributed by atoms with Gasteiger partial charge in [0.25, 0.3) is 0 Å². The Bertz CT molecular complexity index is 281. The van der Waals surface area contributed by atoms with Crippen LogP contribution in [-0.4, -0.2) is 16.1 Å². The fourth-order valence-electron chi connectivity index (χ4n) is 2.11. The molecule has 15 heavy (non-hydrogen) atoms. The van der Waals surface area contributed by atoms with Crippen molar-refractivity contribution in [3.63, 3.8) is 0 Å². The number of hydrogen-bond acceptors (Lipinski definition) is 3. The quantitative estimate of drug-likeness (QED) is 0.596. The second-order valence-electron chi connectivity index (χ2n) is 4.28. The summed E-state index contributed by atoms with van der Waals surface area (Å²) in [6.45, 7) is 0. The maximum atomic E-state index is 4.33. The molecule has 1 heterocycles. The van der Waals surface area contributed by atoms with E-state index in [1.54, 1.807) is 11.3 Å². The highest BCUT2D eigenvalue weighted by atomic mass is 79.9. The van der Waals surface area contributed by atoms with Crippen LogP contribution in [0.4, 0.5) is 0 Å². The Balaban J connectivity index is 1.89. The first kappa shape index (κ1) is 11.9. The molecule has 0 atom stereocenters. The van der Waals surface area contributed by atoms with Crippen LogP contribution in [0.2, 0.25) is 0 Å². The molecule has 1 fully saturated rings. The molecule has 0 aromatic carbocycles. The lowest BCUT2D eigenvalue weighted by molar-refractivity contribution is 0.260. The van der Waals surface area contributed by atoms with Crippen LogP contribution in [0.3, 0.4) is 0 Å². The lowest BCUT2D eigenvalue weighted by Crippen LogP contribution is -2.28. The molecule has 0 aliphatic heterocycles. The van der Waals surface area contributed by atoms with Gasteiger partial charge < -0.3 is 0 Å². The lowest BCUT2D eigenvalue weighted by Gasteiger charge is -2.35. The highest BCUT2D eigenvalue weighted by Gasteiger charge is 2.31. The number of nitrogens with zero attached hydrogens (tertiary/aromatic N) is 1. The summed E-state index contributed by atoms with van der Waals surface area (Å²) >= 11 is 7.39. The molecule has 4 heteroatoms. The molecule has 1 saturated carbocycles. The van der Waals surface area contributed by atoms with Crippen molar-refractivity contribution >= 4 is 39.0 Å². The summed E-state index contributed by atoms with van der Waals surface area (Å²) in [4.78, 5) is 4.33. The number of alkyl halides is 1. The van der Waals surface area contributed by atoms with Crippen LogP contribution >= 0.6 is 39.0 Å². The SMILES string of the molecule is BrCC1(CSc2nccs2)CCCCC1. The molecule has 1 aliphatic rings. The summed E-state index contributed by atoms with van der Waals surface area (Å²) in [5.74, 6) is 1.23. The van der Waals surface area contributed by atoms with Gasteiger partial charge in [0.05, 0.1) is 0 Å². The van der Waals surface area contributed by atoms with E-state index in [2.05, 4.69) is 26.3 Å². The maximum Gasteiger partial charge on any atom is 0.149 e. The van der Waals surface area contributed by atoms with Gasteiger partial charge in [-0.2, -0.15) is 0 Å². The van der Waals surface area contributed by atoms with Crippen molar-refractivity contribution in [2.75, 3.05) is 11.1 Å². The van der Waals surface area contributed by atoms with Crippen LogP contribution in [-0.2, 0) is 0 Å². The summed E-state index contributed by atoms with van der Waals surface area (Å²) in [6.07, 6.45) is 8.91. The Morgan fingerprint density at radius 1 is 1.40 bits per heavy atom. The van der Waals surface area contributed by atoms with Crippen molar-refractivity contribution in [2.24, 2.45) is 5.41 Å². The Morgan fingerprint density at radius 3 is 2.80 bits per heavy atom. The minimum atomic E-state index is 0.536. The van der Waals surface area contributed by atoms with Gasteiger partial charge in [-0.05, 0) is 18.3 Å². The van der Waals surface area contributed by atoms with Gasteiger partial charge >= 0.3 is 0 Å². The Labute approximate surface area is 108 Å². The molecule has 1 nitrogen and oxygen atoms in total. The van der Waals surface area contributed by atoms with Gasteiger partial charge in [-0.25, -0.2) is 4.98 Å². The second-order valence-corrected chi connectivity index (χ2v) is 6.96. The number of aromatic nitrogens is 1. The van der Waals surface area contributed by atoms with Crippen molar-refractivity contribution in [3.8, 4) is 0 Å². The fraction of sp³-hybridized carbons (Fsp3) is 0.727. The lowest BCUT2D eigenvalue weighted by atomic mass is 9.77. The van der Waals surface area contributed by atoms with Gasteiger partial charge in [0, 0.05) is 22.7 Å². The first-order chi connectivity index (χ1) is 7.35. The summed E-state index contributed by atoms with van der Waals surface area (Å²) in [5, 5.41) is 3.21. The van der Waals surface area contributed by atoms with E-state index in [9.17, 15) is 0 Å². The van der Waals surface area contributed by atoms with Crippen LogP contribution in [0.5, 0.6) is 0 Å². The first-order valence-electron chi connectivity index (χ1n) is 5.43.